The zero-order valence-corrected chi connectivity index (χ0v) is 10.8. The number of furan rings is 1. The second-order valence-electron chi connectivity index (χ2n) is 4.12. The molecule has 1 heterocycles. The summed E-state index contributed by atoms with van der Waals surface area (Å²) in [7, 11) is 0. The van der Waals surface area contributed by atoms with Crippen LogP contribution in [-0.4, -0.2) is 17.6 Å². The number of rotatable bonds is 6. The van der Waals surface area contributed by atoms with E-state index in [1.807, 2.05) is 29.7 Å². The van der Waals surface area contributed by atoms with E-state index in [0.29, 0.717) is 17.7 Å². The van der Waals surface area contributed by atoms with E-state index in [0.717, 1.165) is 5.56 Å². The molecule has 1 aromatic carbocycles. The molecule has 0 saturated carbocycles. The fourth-order valence-corrected chi connectivity index (χ4v) is 1.84. The Morgan fingerprint density at radius 3 is 2.85 bits per heavy atom. The molecule has 1 aromatic heterocycles. The van der Waals surface area contributed by atoms with Crippen molar-refractivity contribution in [3.8, 4) is 5.75 Å². The fraction of sp³-hybridized carbons (Fsp3) is 0.214. The molecule has 0 unspecified atom stereocenters. The highest BCUT2D eigenvalue weighted by molar-refractivity contribution is 5.92. The number of hydrogen-bond donors (Lipinski definition) is 3. The summed E-state index contributed by atoms with van der Waals surface area (Å²) < 4.78 is 10.7. The molecular weight excluding hydrogens is 260 g/mol. The Hall–Kier alpha value is -2.31. The van der Waals surface area contributed by atoms with E-state index in [2.05, 4.69) is 0 Å². The zero-order valence-electron chi connectivity index (χ0n) is 10.8. The van der Waals surface area contributed by atoms with Gasteiger partial charge in [-0.25, -0.2) is 5.84 Å². The third kappa shape index (κ3) is 3.17. The van der Waals surface area contributed by atoms with Crippen molar-refractivity contribution < 1.29 is 19.1 Å². The molecule has 4 N–H and O–H groups in total. The van der Waals surface area contributed by atoms with Crippen molar-refractivity contribution >= 4 is 5.91 Å². The van der Waals surface area contributed by atoms with Gasteiger partial charge in [0.1, 0.15) is 12.4 Å². The van der Waals surface area contributed by atoms with Crippen molar-refractivity contribution in [2.75, 3.05) is 6.61 Å². The maximum absolute atomic E-state index is 11.5. The minimum Gasteiger partial charge on any atom is -0.488 e. The van der Waals surface area contributed by atoms with Crippen LogP contribution in [0.25, 0.3) is 0 Å². The number of amides is 1. The van der Waals surface area contributed by atoms with Gasteiger partial charge in [-0.1, -0.05) is 18.2 Å². The number of nitrogens with one attached hydrogen (secondary N) is 1. The third-order valence-corrected chi connectivity index (χ3v) is 2.82. The lowest BCUT2D eigenvalue weighted by Gasteiger charge is -2.10. The van der Waals surface area contributed by atoms with Gasteiger partial charge in [-0.3, -0.25) is 10.2 Å². The van der Waals surface area contributed by atoms with E-state index in [4.69, 9.17) is 20.1 Å². The first kappa shape index (κ1) is 14.1. The van der Waals surface area contributed by atoms with Crippen LogP contribution < -0.4 is 16.0 Å². The van der Waals surface area contributed by atoms with E-state index in [1.165, 1.54) is 6.26 Å². The Kier molecular flexibility index (Phi) is 4.75. The topological polar surface area (TPSA) is 97.7 Å². The molecule has 0 aliphatic heterocycles. The second kappa shape index (κ2) is 6.74. The number of aliphatic hydroxyl groups excluding tert-OH is 1. The number of hydrazine groups is 1. The molecule has 6 nitrogen and oxygen atoms in total. The van der Waals surface area contributed by atoms with Gasteiger partial charge in [0.2, 0.25) is 0 Å². The molecule has 0 radical (unpaired) electrons. The standard InChI is InChI=1S/C14H16N2O4/c15-16-14(18)13-11(6-8-19-13)9-20-12-4-2-1-3-10(12)5-7-17/h1-4,6,8,17H,5,7,9,15H2,(H,16,18). The highest BCUT2D eigenvalue weighted by Crippen LogP contribution is 2.21. The molecule has 106 valence electrons. The van der Waals surface area contributed by atoms with Gasteiger partial charge >= 0.3 is 5.91 Å². The van der Waals surface area contributed by atoms with E-state index >= 15 is 0 Å². The molecule has 0 bridgehead atoms. The lowest BCUT2D eigenvalue weighted by Crippen LogP contribution is -2.30. The smallest absolute Gasteiger partial charge is 0.301 e. The summed E-state index contributed by atoms with van der Waals surface area (Å²) in [5.41, 5.74) is 3.53. The maximum atomic E-state index is 11.5. The summed E-state index contributed by atoms with van der Waals surface area (Å²) in [6, 6.07) is 9.07. The molecule has 0 saturated heterocycles. The Morgan fingerprint density at radius 1 is 1.30 bits per heavy atom. The Morgan fingerprint density at radius 2 is 2.10 bits per heavy atom. The van der Waals surface area contributed by atoms with Crippen LogP contribution in [0.3, 0.4) is 0 Å². The van der Waals surface area contributed by atoms with Crippen LogP contribution in [0, 0.1) is 0 Å². The molecule has 20 heavy (non-hydrogen) atoms. The van der Waals surface area contributed by atoms with Gasteiger partial charge in [0.15, 0.2) is 5.76 Å². The first-order valence-corrected chi connectivity index (χ1v) is 6.15. The number of aliphatic hydroxyl groups is 1. The number of hydrogen-bond acceptors (Lipinski definition) is 5. The summed E-state index contributed by atoms with van der Waals surface area (Å²) in [6.45, 7) is 0.231. The Balaban J connectivity index is 2.09. The number of carbonyl (C=O) groups excluding carboxylic acids is 1. The normalized spacial score (nSPS) is 10.3. The minimum atomic E-state index is -0.503. The van der Waals surface area contributed by atoms with Crippen LogP contribution in [0.5, 0.6) is 5.75 Å². The van der Waals surface area contributed by atoms with Gasteiger partial charge in [-0.2, -0.15) is 0 Å². The number of ether oxygens (including phenoxy) is 1. The van der Waals surface area contributed by atoms with Crippen molar-refractivity contribution in [3.63, 3.8) is 0 Å². The van der Waals surface area contributed by atoms with Crippen molar-refractivity contribution in [2.24, 2.45) is 5.84 Å². The number of benzene rings is 1. The minimum absolute atomic E-state index is 0.0485. The number of carbonyl (C=O) groups is 1. The molecule has 1 amide bonds. The quantitative estimate of drug-likeness (QED) is 0.415. The fourth-order valence-electron chi connectivity index (χ4n) is 1.84. The molecule has 0 aliphatic rings. The van der Waals surface area contributed by atoms with Gasteiger partial charge in [-0.05, 0) is 24.1 Å². The van der Waals surface area contributed by atoms with Crippen LogP contribution in [0.4, 0.5) is 0 Å². The molecule has 6 heteroatoms. The molecule has 0 aliphatic carbocycles. The first-order valence-electron chi connectivity index (χ1n) is 6.15. The summed E-state index contributed by atoms with van der Waals surface area (Å²) in [5, 5.41) is 9.01. The van der Waals surface area contributed by atoms with Crippen LogP contribution in [-0.2, 0) is 13.0 Å². The summed E-state index contributed by atoms with van der Waals surface area (Å²) >= 11 is 0. The van der Waals surface area contributed by atoms with Crippen LogP contribution in [0.1, 0.15) is 21.7 Å². The summed E-state index contributed by atoms with van der Waals surface area (Å²) in [5.74, 6) is 5.37. The highest BCUT2D eigenvalue weighted by atomic mass is 16.5. The van der Waals surface area contributed by atoms with Crippen molar-refractivity contribution in [3.05, 3.63) is 53.5 Å². The van der Waals surface area contributed by atoms with E-state index in [-0.39, 0.29) is 19.0 Å². The predicted molar refractivity (Wildman–Crippen MR) is 71.9 cm³/mol. The van der Waals surface area contributed by atoms with Crippen molar-refractivity contribution in [2.45, 2.75) is 13.0 Å². The number of nitrogens with two attached hydrogens (primary N) is 1. The number of nitrogen functional groups attached to an aromatic ring is 1. The Bertz CT molecular complexity index is 580. The summed E-state index contributed by atoms with van der Waals surface area (Å²) in [6.07, 6.45) is 1.92. The molecule has 0 spiro atoms. The SMILES string of the molecule is NNC(=O)c1occc1COc1ccccc1CCO. The monoisotopic (exact) mass is 276 g/mol. The van der Waals surface area contributed by atoms with Gasteiger partial charge < -0.3 is 14.3 Å². The van der Waals surface area contributed by atoms with Crippen molar-refractivity contribution in [1.29, 1.82) is 0 Å². The maximum Gasteiger partial charge on any atom is 0.301 e. The molecular formula is C14H16N2O4. The third-order valence-electron chi connectivity index (χ3n) is 2.82. The largest absolute Gasteiger partial charge is 0.488 e. The Labute approximate surface area is 116 Å². The van der Waals surface area contributed by atoms with Crippen molar-refractivity contribution in [1.82, 2.24) is 5.43 Å². The van der Waals surface area contributed by atoms with Gasteiger partial charge in [0.25, 0.3) is 0 Å². The highest BCUT2D eigenvalue weighted by Gasteiger charge is 2.15. The average molecular weight is 276 g/mol. The van der Waals surface area contributed by atoms with Gasteiger partial charge in [-0.15, -0.1) is 0 Å². The lowest BCUT2D eigenvalue weighted by atomic mass is 10.1. The average Bonchev–Trinajstić information content (AvgIpc) is 2.94. The van der Waals surface area contributed by atoms with Crippen LogP contribution >= 0.6 is 0 Å². The molecule has 2 aromatic rings. The molecule has 2 rings (SSSR count). The van der Waals surface area contributed by atoms with Crippen LogP contribution in [0.2, 0.25) is 0 Å². The van der Waals surface area contributed by atoms with Gasteiger partial charge in [0, 0.05) is 12.2 Å². The second-order valence-corrected chi connectivity index (χ2v) is 4.12. The first-order chi connectivity index (χ1) is 9.76. The van der Waals surface area contributed by atoms with E-state index in [9.17, 15) is 4.79 Å². The molecule has 0 fully saturated rings. The van der Waals surface area contributed by atoms with Crippen LogP contribution in [0.15, 0.2) is 41.0 Å². The zero-order chi connectivity index (χ0) is 14.4. The van der Waals surface area contributed by atoms with Gasteiger partial charge in [0.05, 0.1) is 6.26 Å². The number of para-hydroxylation sites is 1. The lowest BCUT2D eigenvalue weighted by molar-refractivity contribution is 0.0922. The van der Waals surface area contributed by atoms with E-state index in [1.54, 1.807) is 6.07 Å². The van der Waals surface area contributed by atoms with E-state index < -0.39 is 5.91 Å². The summed E-state index contributed by atoms with van der Waals surface area (Å²) in [4.78, 5) is 11.5. The predicted octanol–water partition coefficient (Wildman–Crippen LogP) is 0.997. The molecule has 0 atom stereocenters.